The predicted molar refractivity (Wildman–Crippen MR) is 91.0 cm³/mol. The third-order valence-electron chi connectivity index (χ3n) is 4.91. The fourth-order valence-electron chi connectivity index (χ4n) is 3.74. The number of benzene rings is 1. The van der Waals surface area contributed by atoms with Gasteiger partial charge in [0.15, 0.2) is 0 Å². The summed E-state index contributed by atoms with van der Waals surface area (Å²) in [6, 6.07) is 7.30. The van der Waals surface area contributed by atoms with E-state index in [2.05, 4.69) is 21.5 Å². The van der Waals surface area contributed by atoms with Gasteiger partial charge in [0.1, 0.15) is 11.6 Å². The molecule has 1 saturated heterocycles. The Morgan fingerprint density at radius 1 is 1.33 bits per heavy atom. The minimum atomic E-state index is -0.229. The molecule has 24 heavy (non-hydrogen) atoms. The lowest BCUT2D eigenvalue weighted by atomic mass is 10.2. The molecule has 126 valence electrons. The van der Waals surface area contributed by atoms with Crippen LogP contribution in [0.25, 0.3) is 11.0 Å². The van der Waals surface area contributed by atoms with E-state index in [-0.39, 0.29) is 5.82 Å². The van der Waals surface area contributed by atoms with Crippen LogP contribution in [0.5, 0.6) is 0 Å². The number of hydrogen-bond acceptors (Lipinski definition) is 3. The highest BCUT2D eigenvalue weighted by molar-refractivity contribution is 5.76. The Bertz CT molecular complexity index is 823. The van der Waals surface area contributed by atoms with Gasteiger partial charge in [-0.25, -0.2) is 9.37 Å². The summed E-state index contributed by atoms with van der Waals surface area (Å²) >= 11 is 0. The molecule has 6 heteroatoms. The van der Waals surface area contributed by atoms with Gasteiger partial charge in [0.2, 0.25) is 0 Å². The van der Waals surface area contributed by atoms with Crippen LogP contribution in [0, 0.1) is 5.82 Å². The number of fused-ring (bicyclic) bond motifs is 1. The van der Waals surface area contributed by atoms with E-state index in [4.69, 9.17) is 4.98 Å². The predicted octanol–water partition coefficient (Wildman–Crippen LogP) is 3.06. The summed E-state index contributed by atoms with van der Waals surface area (Å²) in [5, 5.41) is 4.33. The first kappa shape index (κ1) is 15.3. The molecular weight excluding hydrogens is 305 g/mol. The van der Waals surface area contributed by atoms with Crippen LogP contribution in [-0.2, 0) is 19.6 Å². The van der Waals surface area contributed by atoms with Gasteiger partial charge in [-0.15, -0.1) is 0 Å². The number of rotatable bonds is 5. The average Bonchev–Trinajstić information content (AvgIpc) is 3.28. The van der Waals surface area contributed by atoms with Crippen molar-refractivity contribution in [3.05, 3.63) is 48.3 Å². The molecule has 5 nitrogen and oxygen atoms in total. The fourth-order valence-corrected chi connectivity index (χ4v) is 3.74. The molecule has 0 saturated carbocycles. The number of hydrogen-bond donors (Lipinski definition) is 0. The zero-order chi connectivity index (χ0) is 16.5. The second-order valence-electron chi connectivity index (χ2n) is 6.40. The summed E-state index contributed by atoms with van der Waals surface area (Å²) in [7, 11) is 0. The Morgan fingerprint density at radius 2 is 2.25 bits per heavy atom. The van der Waals surface area contributed by atoms with Crippen molar-refractivity contribution in [3.8, 4) is 0 Å². The highest BCUT2D eigenvalue weighted by Gasteiger charge is 2.26. The van der Waals surface area contributed by atoms with Crippen molar-refractivity contribution in [2.24, 2.45) is 0 Å². The fraction of sp³-hybridized carbons (Fsp3) is 0.444. The quantitative estimate of drug-likeness (QED) is 0.723. The molecule has 0 radical (unpaired) electrons. The largest absolute Gasteiger partial charge is 0.327 e. The molecule has 0 aliphatic carbocycles. The van der Waals surface area contributed by atoms with Crippen LogP contribution < -0.4 is 0 Å². The third kappa shape index (κ3) is 2.82. The minimum Gasteiger partial charge on any atom is -0.327 e. The van der Waals surface area contributed by atoms with E-state index in [0.29, 0.717) is 6.04 Å². The normalized spacial score (nSPS) is 18.7. The van der Waals surface area contributed by atoms with Gasteiger partial charge in [0, 0.05) is 31.0 Å². The van der Waals surface area contributed by atoms with Gasteiger partial charge < -0.3 is 4.57 Å². The molecule has 0 spiro atoms. The number of aryl methyl sites for hydroxylation is 1. The average molecular weight is 327 g/mol. The summed E-state index contributed by atoms with van der Waals surface area (Å²) in [5.74, 6) is 0.790. The molecule has 3 aromatic rings. The number of imidazole rings is 1. The van der Waals surface area contributed by atoms with Crippen LogP contribution in [0.15, 0.2) is 36.7 Å². The molecule has 1 unspecified atom stereocenters. The van der Waals surface area contributed by atoms with Crippen LogP contribution in [0.3, 0.4) is 0 Å². The number of nitrogens with zero attached hydrogens (tertiary/aromatic N) is 5. The van der Waals surface area contributed by atoms with Crippen molar-refractivity contribution in [2.45, 2.75) is 45.4 Å². The topological polar surface area (TPSA) is 38.9 Å². The Balaban J connectivity index is 1.58. The van der Waals surface area contributed by atoms with Crippen LogP contribution >= 0.6 is 0 Å². The van der Waals surface area contributed by atoms with E-state index < -0.39 is 0 Å². The SMILES string of the molecule is CCn1c(CN2CCCC2Cn2cccn2)nc2cc(F)ccc21. The second-order valence-corrected chi connectivity index (χ2v) is 6.40. The molecule has 1 fully saturated rings. The van der Waals surface area contributed by atoms with Crippen molar-refractivity contribution in [1.82, 2.24) is 24.2 Å². The van der Waals surface area contributed by atoms with Crippen molar-refractivity contribution in [1.29, 1.82) is 0 Å². The third-order valence-corrected chi connectivity index (χ3v) is 4.91. The van der Waals surface area contributed by atoms with Gasteiger partial charge in [-0.2, -0.15) is 5.10 Å². The highest BCUT2D eigenvalue weighted by Crippen LogP contribution is 2.24. The monoisotopic (exact) mass is 327 g/mol. The first-order valence-electron chi connectivity index (χ1n) is 8.60. The summed E-state index contributed by atoms with van der Waals surface area (Å²) < 4.78 is 17.7. The summed E-state index contributed by atoms with van der Waals surface area (Å²) in [6.45, 7) is 5.74. The van der Waals surface area contributed by atoms with Gasteiger partial charge >= 0.3 is 0 Å². The molecule has 2 aromatic heterocycles. The molecule has 4 rings (SSSR count). The van der Waals surface area contributed by atoms with Gasteiger partial charge in [-0.1, -0.05) is 0 Å². The Labute approximate surface area is 140 Å². The summed E-state index contributed by atoms with van der Waals surface area (Å²) in [4.78, 5) is 7.18. The van der Waals surface area contributed by atoms with Gasteiger partial charge in [-0.05, 0) is 44.5 Å². The maximum absolute atomic E-state index is 13.5. The molecule has 1 aliphatic heterocycles. The summed E-state index contributed by atoms with van der Waals surface area (Å²) in [5.41, 5.74) is 1.76. The van der Waals surface area contributed by atoms with Gasteiger partial charge in [-0.3, -0.25) is 9.58 Å². The van der Waals surface area contributed by atoms with E-state index >= 15 is 0 Å². The Hall–Kier alpha value is -2.21. The maximum Gasteiger partial charge on any atom is 0.125 e. The molecule has 0 bridgehead atoms. The van der Waals surface area contributed by atoms with Crippen LogP contribution in [0.2, 0.25) is 0 Å². The first-order valence-corrected chi connectivity index (χ1v) is 8.60. The van der Waals surface area contributed by atoms with Crippen LogP contribution in [0.4, 0.5) is 4.39 Å². The number of aromatic nitrogens is 4. The lowest BCUT2D eigenvalue weighted by molar-refractivity contribution is 0.212. The highest BCUT2D eigenvalue weighted by atomic mass is 19.1. The lowest BCUT2D eigenvalue weighted by Gasteiger charge is -2.24. The van der Waals surface area contributed by atoms with E-state index in [1.807, 2.05) is 29.2 Å². The lowest BCUT2D eigenvalue weighted by Crippen LogP contribution is -2.33. The Kier molecular flexibility index (Phi) is 4.06. The zero-order valence-corrected chi connectivity index (χ0v) is 13.9. The number of halogens is 1. The van der Waals surface area contributed by atoms with Crippen molar-refractivity contribution < 1.29 is 4.39 Å². The van der Waals surface area contributed by atoms with E-state index in [0.717, 1.165) is 43.0 Å². The molecule has 1 aromatic carbocycles. The molecular formula is C18H22FN5. The van der Waals surface area contributed by atoms with Crippen molar-refractivity contribution in [2.75, 3.05) is 6.54 Å². The van der Waals surface area contributed by atoms with Gasteiger partial charge in [0.25, 0.3) is 0 Å². The number of likely N-dealkylation sites (tertiary alicyclic amines) is 1. The molecule has 1 aliphatic rings. The second kappa shape index (κ2) is 6.36. The van der Waals surface area contributed by atoms with E-state index in [1.54, 1.807) is 0 Å². The Morgan fingerprint density at radius 3 is 3.04 bits per heavy atom. The van der Waals surface area contributed by atoms with Crippen LogP contribution in [0.1, 0.15) is 25.6 Å². The maximum atomic E-state index is 13.5. The molecule has 0 amide bonds. The molecule has 3 heterocycles. The smallest absolute Gasteiger partial charge is 0.125 e. The molecule has 1 atom stereocenters. The standard InChI is InChI=1S/C18H22FN5/c1-2-24-17-7-6-14(19)11-16(17)21-18(24)13-22-9-3-5-15(22)12-23-10-4-8-20-23/h4,6-8,10-11,15H,2-3,5,9,12-13H2,1H3. The van der Waals surface area contributed by atoms with Crippen molar-refractivity contribution >= 4 is 11.0 Å². The minimum absolute atomic E-state index is 0.229. The van der Waals surface area contributed by atoms with E-state index in [1.165, 1.54) is 25.0 Å². The van der Waals surface area contributed by atoms with Crippen molar-refractivity contribution in [3.63, 3.8) is 0 Å². The molecule has 0 N–H and O–H groups in total. The first-order chi connectivity index (χ1) is 11.7. The van der Waals surface area contributed by atoms with Crippen LogP contribution in [-0.4, -0.2) is 36.8 Å². The zero-order valence-electron chi connectivity index (χ0n) is 13.9. The van der Waals surface area contributed by atoms with E-state index in [9.17, 15) is 4.39 Å². The van der Waals surface area contributed by atoms with Gasteiger partial charge in [0.05, 0.1) is 24.1 Å². The summed E-state index contributed by atoms with van der Waals surface area (Å²) in [6.07, 6.45) is 6.22.